The highest BCUT2D eigenvalue weighted by molar-refractivity contribution is 6.31. The van der Waals surface area contributed by atoms with Gasteiger partial charge in [-0.25, -0.2) is 0 Å². The average molecular weight is 375 g/mol. The minimum atomic E-state index is -0.824. The van der Waals surface area contributed by atoms with Crippen LogP contribution in [-0.4, -0.2) is 31.1 Å². The number of carbonyl (C=O) groups is 2. The number of anilines is 1. The Morgan fingerprint density at radius 2 is 1.96 bits per heavy atom. The van der Waals surface area contributed by atoms with Gasteiger partial charge in [-0.3, -0.25) is 9.59 Å². The van der Waals surface area contributed by atoms with E-state index < -0.39 is 12.0 Å². The first-order chi connectivity index (χ1) is 12.6. The van der Waals surface area contributed by atoms with Crippen molar-refractivity contribution in [2.45, 2.75) is 19.4 Å². The van der Waals surface area contributed by atoms with Crippen molar-refractivity contribution in [3.05, 3.63) is 53.1 Å². The summed E-state index contributed by atoms with van der Waals surface area (Å²) in [5.41, 5.74) is 0.673. The lowest BCUT2D eigenvalue weighted by atomic mass is 10.1. The van der Waals surface area contributed by atoms with Crippen molar-refractivity contribution in [3.63, 3.8) is 0 Å². The van der Waals surface area contributed by atoms with E-state index in [9.17, 15) is 9.59 Å². The Labute approximate surface area is 156 Å². The number of hydrogen-bond acceptors (Lipinski definition) is 4. The summed E-state index contributed by atoms with van der Waals surface area (Å²) >= 11 is 6.02. The third-order valence-corrected chi connectivity index (χ3v) is 4.06. The van der Waals surface area contributed by atoms with Crippen LogP contribution in [0.15, 0.2) is 42.5 Å². The molecule has 0 aliphatic carbocycles. The summed E-state index contributed by atoms with van der Waals surface area (Å²) in [6.07, 6.45) is -0.0105. The summed E-state index contributed by atoms with van der Waals surface area (Å²) in [4.78, 5) is 24.9. The molecule has 2 aromatic carbocycles. The summed E-state index contributed by atoms with van der Waals surface area (Å²) in [5, 5.41) is 5.92. The molecule has 26 heavy (non-hydrogen) atoms. The van der Waals surface area contributed by atoms with E-state index in [0.29, 0.717) is 34.3 Å². The summed E-state index contributed by atoms with van der Waals surface area (Å²) in [5.74, 6) is 0.418. The van der Waals surface area contributed by atoms with Crippen molar-refractivity contribution in [1.82, 2.24) is 5.32 Å². The van der Waals surface area contributed by atoms with Crippen molar-refractivity contribution in [2.24, 2.45) is 0 Å². The molecule has 1 aliphatic rings. The smallest absolute Gasteiger partial charge is 0.269 e. The summed E-state index contributed by atoms with van der Waals surface area (Å²) in [6.45, 7) is 2.59. The van der Waals surface area contributed by atoms with Crippen molar-refractivity contribution < 1.29 is 19.1 Å². The lowest BCUT2D eigenvalue weighted by Gasteiger charge is -2.25. The van der Waals surface area contributed by atoms with E-state index in [2.05, 4.69) is 10.6 Å². The van der Waals surface area contributed by atoms with Gasteiger partial charge in [0.2, 0.25) is 6.10 Å². The van der Waals surface area contributed by atoms with Crippen LogP contribution >= 0.6 is 11.6 Å². The molecule has 3 rings (SSSR count). The van der Waals surface area contributed by atoms with E-state index in [4.69, 9.17) is 21.1 Å². The van der Waals surface area contributed by atoms with E-state index in [1.807, 2.05) is 13.0 Å². The fourth-order valence-electron chi connectivity index (χ4n) is 2.51. The molecule has 0 aromatic heterocycles. The molecule has 0 bridgehead atoms. The van der Waals surface area contributed by atoms with Crippen LogP contribution in [0.25, 0.3) is 0 Å². The molecule has 0 saturated heterocycles. The van der Waals surface area contributed by atoms with E-state index in [0.717, 1.165) is 6.42 Å². The zero-order chi connectivity index (χ0) is 18.5. The third kappa shape index (κ3) is 4.08. The van der Waals surface area contributed by atoms with Crippen LogP contribution in [0.5, 0.6) is 11.5 Å². The van der Waals surface area contributed by atoms with Gasteiger partial charge in [-0.2, -0.15) is 0 Å². The number of halogens is 1. The number of hydrogen-bond donors (Lipinski definition) is 2. The zero-order valence-electron chi connectivity index (χ0n) is 14.3. The Balaban J connectivity index is 1.75. The van der Waals surface area contributed by atoms with E-state index in [-0.39, 0.29) is 12.5 Å². The molecule has 0 fully saturated rings. The summed E-state index contributed by atoms with van der Waals surface area (Å²) < 4.78 is 11.2. The first-order valence-electron chi connectivity index (χ1n) is 8.35. The minimum absolute atomic E-state index is 0.0841. The van der Waals surface area contributed by atoms with Gasteiger partial charge in [-0.15, -0.1) is 0 Å². The molecule has 0 saturated carbocycles. The second kappa shape index (κ2) is 8.10. The number of rotatable bonds is 5. The van der Waals surface area contributed by atoms with Crippen LogP contribution in [0.1, 0.15) is 23.7 Å². The first kappa shape index (κ1) is 18.1. The Hall–Kier alpha value is -2.73. The van der Waals surface area contributed by atoms with Gasteiger partial charge in [0.1, 0.15) is 6.61 Å². The second-order valence-electron chi connectivity index (χ2n) is 5.80. The molecule has 1 atom stereocenters. The van der Waals surface area contributed by atoms with Gasteiger partial charge in [-0.05, 0) is 36.8 Å². The van der Waals surface area contributed by atoms with Crippen LogP contribution in [0.4, 0.5) is 5.69 Å². The maximum atomic E-state index is 12.6. The van der Waals surface area contributed by atoms with Gasteiger partial charge >= 0.3 is 0 Å². The maximum Gasteiger partial charge on any atom is 0.269 e. The van der Waals surface area contributed by atoms with Crippen LogP contribution in [0.3, 0.4) is 0 Å². The monoisotopic (exact) mass is 374 g/mol. The van der Waals surface area contributed by atoms with Crippen molar-refractivity contribution in [1.29, 1.82) is 0 Å². The Morgan fingerprint density at radius 3 is 2.73 bits per heavy atom. The lowest BCUT2D eigenvalue weighted by Crippen LogP contribution is -2.40. The predicted octanol–water partition coefficient (Wildman–Crippen LogP) is 3.26. The van der Waals surface area contributed by atoms with E-state index in [1.54, 1.807) is 30.3 Å². The molecule has 136 valence electrons. The molecule has 1 unspecified atom stereocenters. The molecule has 6 nitrogen and oxygen atoms in total. The number of benzene rings is 2. The van der Waals surface area contributed by atoms with Crippen LogP contribution < -0.4 is 20.1 Å². The molecule has 7 heteroatoms. The highest BCUT2D eigenvalue weighted by Crippen LogP contribution is 2.31. The molecule has 0 radical (unpaired) electrons. The fraction of sp³-hybridized carbons (Fsp3) is 0.263. The largest absolute Gasteiger partial charge is 0.485 e. The molecule has 1 heterocycles. The summed E-state index contributed by atoms with van der Waals surface area (Å²) in [7, 11) is 0. The standard InChI is InChI=1S/C19H19ClN2O4/c1-2-9-21-18(23)13-8-7-12(20)10-14(13)22-19(24)17-11-25-15-5-3-4-6-16(15)26-17/h3-8,10,17H,2,9,11H2,1H3,(H,21,23)(H,22,24). The molecule has 2 amide bonds. The zero-order valence-corrected chi connectivity index (χ0v) is 15.0. The number of amides is 2. The molecule has 2 N–H and O–H groups in total. The van der Waals surface area contributed by atoms with Crippen LogP contribution in [0, 0.1) is 0 Å². The second-order valence-corrected chi connectivity index (χ2v) is 6.24. The van der Waals surface area contributed by atoms with Crippen LogP contribution in [-0.2, 0) is 4.79 Å². The Bertz CT molecular complexity index is 825. The third-order valence-electron chi connectivity index (χ3n) is 3.82. The average Bonchev–Trinajstić information content (AvgIpc) is 2.65. The van der Waals surface area contributed by atoms with E-state index >= 15 is 0 Å². The van der Waals surface area contributed by atoms with E-state index in [1.165, 1.54) is 6.07 Å². The Morgan fingerprint density at radius 1 is 1.19 bits per heavy atom. The van der Waals surface area contributed by atoms with Crippen LogP contribution in [0.2, 0.25) is 5.02 Å². The number of para-hydroxylation sites is 2. The summed E-state index contributed by atoms with van der Waals surface area (Å²) in [6, 6.07) is 11.9. The number of ether oxygens (including phenoxy) is 2. The van der Waals surface area contributed by atoms with Crippen molar-refractivity contribution >= 4 is 29.1 Å². The fourth-order valence-corrected chi connectivity index (χ4v) is 2.69. The lowest BCUT2D eigenvalue weighted by molar-refractivity contribution is -0.125. The Kier molecular flexibility index (Phi) is 5.63. The minimum Gasteiger partial charge on any atom is -0.485 e. The van der Waals surface area contributed by atoms with Crippen molar-refractivity contribution in [3.8, 4) is 11.5 Å². The first-order valence-corrected chi connectivity index (χ1v) is 8.73. The van der Waals surface area contributed by atoms with Gasteiger partial charge in [0.15, 0.2) is 11.5 Å². The topological polar surface area (TPSA) is 76.7 Å². The highest BCUT2D eigenvalue weighted by atomic mass is 35.5. The van der Waals surface area contributed by atoms with Crippen molar-refractivity contribution in [2.75, 3.05) is 18.5 Å². The predicted molar refractivity (Wildman–Crippen MR) is 99.1 cm³/mol. The molecule has 2 aromatic rings. The SMILES string of the molecule is CCCNC(=O)c1ccc(Cl)cc1NC(=O)C1COc2ccccc2O1. The highest BCUT2D eigenvalue weighted by Gasteiger charge is 2.28. The van der Waals surface area contributed by atoms with Gasteiger partial charge in [-0.1, -0.05) is 30.7 Å². The van der Waals surface area contributed by atoms with Gasteiger partial charge in [0.25, 0.3) is 11.8 Å². The molecule has 0 spiro atoms. The maximum absolute atomic E-state index is 12.6. The van der Waals surface area contributed by atoms with Gasteiger partial charge < -0.3 is 20.1 Å². The quantitative estimate of drug-likeness (QED) is 0.842. The van der Waals surface area contributed by atoms with Gasteiger partial charge in [0.05, 0.1) is 11.3 Å². The number of carbonyl (C=O) groups excluding carboxylic acids is 2. The molecule has 1 aliphatic heterocycles. The molecular weight excluding hydrogens is 356 g/mol. The normalized spacial score (nSPS) is 15.2. The number of fused-ring (bicyclic) bond motifs is 1. The molecular formula is C19H19ClN2O4. The number of nitrogens with one attached hydrogen (secondary N) is 2. The van der Waals surface area contributed by atoms with Gasteiger partial charge in [0, 0.05) is 11.6 Å².